The van der Waals surface area contributed by atoms with Crippen LogP contribution in [0.3, 0.4) is 0 Å². The molecule has 3 nitrogen and oxygen atoms in total. The number of unbranched alkanes of at least 4 members (excludes halogenated alkanes) is 1. The quantitative estimate of drug-likeness (QED) is 0.812. The minimum atomic E-state index is -0.406. The Bertz CT molecular complexity index is 412. The van der Waals surface area contributed by atoms with Gasteiger partial charge in [0.1, 0.15) is 11.9 Å². The Morgan fingerprint density at radius 3 is 2.83 bits per heavy atom. The summed E-state index contributed by atoms with van der Waals surface area (Å²) in [6.07, 6.45) is 2.61. The molecular weight excluding hydrogens is 301 g/mol. The molecule has 1 atom stereocenters. The fourth-order valence-corrected chi connectivity index (χ4v) is 2.06. The molecule has 0 aromatic heterocycles. The van der Waals surface area contributed by atoms with E-state index in [0.29, 0.717) is 16.6 Å². The summed E-state index contributed by atoms with van der Waals surface area (Å²) in [7, 11) is 1.36. The smallest absolute Gasteiger partial charge is 0.328 e. The Labute approximate surface area is 115 Å². The van der Waals surface area contributed by atoms with Gasteiger partial charge < -0.3 is 10.1 Å². The molecule has 0 aliphatic carbocycles. The van der Waals surface area contributed by atoms with Crippen molar-refractivity contribution in [2.75, 3.05) is 12.4 Å². The van der Waals surface area contributed by atoms with Gasteiger partial charge in [-0.15, -0.1) is 0 Å². The zero-order chi connectivity index (χ0) is 13.5. The minimum absolute atomic E-state index is 0.306. The van der Waals surface area contributed by atoms with Crippen LogP contribution in [-0.2, 0) is 9.53 Å². The molecule has 0 amide bonds. The fourth-order valence-electron chi connectivity index (χ4n) is 1.59. The van der Waals surface area contributed by atoms with Crippen LogP contribution in [0, 0.1) is 5.82 Å². The van der Waals surface area contributed by atoms with Crippen LogP contribution in [0.5, 0.6) is 0 Å². The van der Waals surface area contributed by atoms with E-state index in [4.69, 9.17) is 4.74 Å². The number of rotatable bonds is 6. The normalized spacial score (nSPS) is 12.0. The van der Waals surface area contributed by atoms with Gasteiger partial charge in [-0.1, -0.05) is 19.8 Å². The first kappa shape index (κ1) is 15.0. The lowest BCUT2D eigenvalue weighted by Crippen LogP contribution is -2.30. The predicted molar refractivity (Wildman–Crippen MR) is 73.1 cm³/mol. The first-order valence-electron chi connectivity index (χ1n) is 5.88. The number of esters is 1. The molecule has 1 rings (SSSR count). The third kappa shape index (κ3) is 4.29. The van der Waals surface area contributed by atoms with Crippen LogP contribution in [0.25, 0.3) is 0 Å². The highest BCUT2D eigenvalue weighted by molar-refractivity contribution is 9.10. The molecule has 0 saturated carbocycles. The van der Waals surface area contributed by atoms with Crippen LogP contribution in [0.2, 0.25) is 0 Å². The monoisotopic (exact) mass is 317 g/mol. The van der Waals surface area contributed by atoms with E-state index in [0.717, 1.165) is 12.8 Å². The maximum absolute atomic E-state index is 13.0. The fraction of sp³-hybridized carbons (Fsp3) is 0.462. The topological polar surface area (TPSA) is 38.3 Å². The molecule has 0 bridgehead atoms. The van der Waals surface area contributed by atoms with Crippen molar-refractivity contribution in [1.29, 1.82) is 0 Å². The summed E-state index contributed by atoms with van der Waals surface area (Å²) >= 11 is 3.26. The summed E-state index contributed by atoms with van der Waals surface area (Å²) in [5, 5.41) is 3.07. The summed E-state index contributed by atoms with van der Waals surface area (Å²) in [6, 6.07) is 3.90. The highest BCUT2D eigenvalue weighted by Gasteiger charge is 2.19. The molecule has 0 radical (unpaired) electrons. The predicted octanol–water partition coefficient (Wildman–Crippen LogP) is 3.73. The number of halogens is 2. The Morgan fingerprint density at radius 1 is 1.56 bits per heavy atom. The number of hydrogen-bond donors (Lipinski definition) is 1. The van der Waals surface area contributed by atoms with Gasteiger partial charge in [0.2, 0.25) is 0 Å². The lowest BCUT2D eigenvalue weighted by atomic mass is 10.1. The standard InChI is InChI=1S/C13H17BrFNO2/c1-3-4-5-12(13(17)18-2)16-11-7-6-9(15)8-10(11)14/h6-8,12,16H,3-5H2,1-2H3. The van der Waals surface area contributed by atoms with Gasteiger partial charge in [0.05, 0.1) is 7.11 Å². The number of methoxy groups -OCH3 is 1. The SMILES string of the molecule is CCCCC(Nc1ccc(F)cc1Br)C(=O)OC. The van der Waals surface area contributed by atoms with E-state index >= 15 is 0 Å². The van der Waals surface area contributed by atoms with Gasteiger partial charge in [-0.3, -0.25) is 0 Å². The number of ether oxygens (including phenoxy) is 1. The molecule has 1 N–H and O–H groups in total. The molecule has 0 spiro atoms. The Balaban J connectivity index is 2.78. The summed E-state index contributed by atoms with van der Waals surface area (Å²) in [4.78, 5) is 11.6. The number of carbonyl (C=O) groups is 1. The van der Waals surface area contributed by atoms with Crippen molar-refractivity contribution in [3.63, 3.8) is 0 Å². The van der Waals surface area contributed by atoms with Crippen molar-refractivity contribution in [2.45, 2.75) is 32.2 Å². The molecule has 0 saturated heterocycles. The van der Waals surface area contributed by atoms with E-state index < -0.39 is 6.04 Å². The van der Waals surface area contributed by atoms with E-state index in [1.807, 2.05) is 0 Å². The van der Waals surface area contributed by atoms with Crippen LogP contribution in [0.15, 0.2) is 22.7 Å². The largest absolute Gasteiger partial charge is 0.467 e. The van der Waals surface area contributed by atoms with Crippen molar-refractivity contribution < 1.29 is 13.9 Å². The molecule has 0 aliphatic rings. The Kier molecular flexibility index (Phi) is 6.12. The highest BCUT2D eigenvalue weighted by Crippen LogP contribution is 2.24. The van der Waals surface area contributed by atoms with Crippen molar-refractivity contribution in [2.24, 2.45) is 0 Å². The zero-order valence-electron chi connectivity index (χ0n) is 10.5. The number of hydrogen-bond acceptors (Lipinski definition) is 3. The van der Waals surface area contributed by atoms with E-state index in [9.17, 15) is 9.18 Å². The van der Waals surface area contributed by atoms with Crippen molar-refractivity contribution in [1.82, 2.24) is 0 Å². The molecule has 18 heavy (non-hydrogen) atoms. The molecular formula is C13H17BrFNO2. The Hall–Kier alpha value is -1.10. The second kappa shape index (κ2) is 7.36. The summed E-state index contributed by atoms with van der Waals surface area (Å²) in [5.74, 6) is -0.629. The van der Waals surface area contributed by atoms with Gasteiger partial charge in [0.15, 0.2) is 0 Å². The van der Waals surface area contributed by atoms with Gasteiger partial charge >= 0.3 is 5.97 Å². The molecule has 100 valence electrons. The van der Waals surface area contributed by atoms with Gasteiger partial charge in [0, 0.05) is 10.2 Å². The lowest BCUT2D eigenvalue weighted by Gasteiger charge is -2.18. The van der Waals surface area contributed by atoms with Crippen LogP contribution >= 0.6 is 15.9 Å². The van der Waals surface area contributed by atoms with E-state index in [2.05, 4.69) is 28.2 Å². The third-order valence-electron chi connectivity index (χ3n) is 2.59. The lowest BCUT2D eigenvalue weighted by molar-refractivity contribution is -0.141. The highest BCUT2D eigenvalue weighted by atomic mass is 79.9. The maximum Gasteiger partial charge on any atom is 0.328 e. The van der Waals surface area contributed by atoms with Gasteiger partial charge in [-0.05, 0) is 40.5 Å². The number of anilines is 1. The van der Waals surface area contributed by atoms with Crippen LogP contribution in [-0.4, -0.2) is 19.1 Å². The Morgan fingerprint density at radius 2 is 2.28 bits per heavy atom. The molecule has 0 fully saturated rings. The van der Waals surface area contributed by atoms with Crippen molar-refractivity contribution in [3.8, 4) is 0 Å². The average Bonchev–Trinajstić information content (AvgIpc) is 2.36. The van der Waals surface area contributed by atoms with Crippen LogP contribution in [0.4, 0.5) is 10.1 Å². The first-order valence-corrected chi connectivity index (χ1v) is 6.67. The number of nitrogens with one attached hydrogen (secondary N) is 1. The summed E-state index contributed by atoms with van der Waals surface area (Å²) < 4.78 is 18.3. The van der Waals surface area contributed by atoms with Crippen LogP contribution < -0.4 is 5.32 Å². The van der Waals surface area contributed by atoms with E-state index in [1.165, 1.54) is 19.2 Å². The maximum atomic E-state index is 13.0. The third-order valence-corrected chi connectivity index (χ3v) is 3.25. The van der Waals surface area contributed by atoms with Crippen LogP contribution in [0.1, 0.15) is 26.2 Å². The molecule has 1 unspecified atom stereocenters. The minimum Gasteiger partial charge on any atom is -0.467 e. The van der Waals surface area contributed by atoms with Gasteiger partial charge in [-0.2, -0.15) is 0 Å². The van der Waals surface area contributed by atoms with Crippen molar-refractivity contribution >= 4 is 27.6 Å². The molecule has 0 heterocycles. The second-order valence-corrected chi connectivity index (χ2v) is 4.84. The van der Waals surface area contributed by atoms with Gasteiger partial charge in [0.25, 0.3) is 0 Å². The van der Waals surface area contributed by atoms with E-state index in [-0.39, 0.29) is 11.8 Å². The number of carbonyl (C=O) groups excluding carboxylic acids is 1. The second-order valence-electron chi connectivity index (χ2n) is 3.99. The summed E-state index contributed by atoms with van der Waals surface area (Å²) in [6.45, 7) is 2.06. The van der Waals surface area contributed by atoms with E-state index in [1.54, 1.807) is 6.07 Å². The summed E-state index contributed by atoms with van der Waals surface area (Å²) in [5.41, 5.74) is 0.683. The van der Waals surface area contributed by atoms with Crippen molar-refractivity contribution in [3.05, 3.63) is 28.5 Å². The molecule has 5 heteroatoms. The number of benzene rings is 1. The first-order chi connectivity index (χ1) is 8.58. The zero-order valence-corrected chi connectivity index (χ0v) is 12.1. The van der Waals surface area contributed by atoms with Gasteiger partial charge in [-0.25, -0.2) is 9.18 Å². The molecule has 0 aliphatic heterocycles. The molecule has 1 aromatic carbocycles. The average molecular weight is 318 g/mol. The molecule has 1 aromatic rings.